The monoisotopic (exact) mass is 740 g/mol. The van der Waals surface area contributed by atoms with E-state index in [2.05, 4.69) is 13.8 Å². The van der Waals surface area contributed by atoms with Gasteiger partial charge in [0.15, 0.2) is 0 Å². The molecule has 11 nitrogen and oxygen atoms in total. The molecule has 0 aromatic heterocycles. The summed E-state index contributed by atoms with van der Waals surface area (Å²) in [6.07, 6.45) is 8.52. The summed E-state index contributed by atoms with van der Waals surface area (Å²) in [6.45, 7) is 11.4. The highest BCUT2D eigenvalue weighted by atomic mass is 16.6. The van der Waals surface area contributed by atoms with Crippen LogP contribution in [0.5, 0.6) is 23.0 Å². The van der Waals surface area contributed by atoms with Crippen LogP contribution in [0.4, 0.5) is 0 Å². The van der Waals surface area contributed by atoms with Crippen LogP contribution in [0.25, 0.3) is 12.2 Å². The maximum absolute atomic E-state index is 13.4. The number of ether oxygens (including phenoxy) is 8. The van der Waals surface area contributed by atoms with Crippen LogP contribution in [-0.4, -0.2) is 77.4 Å². The Balaban J connectivity index is 1.07. The Morgan fingerprint density at radius 3 is 1.43 bits per heavy atom. The summed E-state index contributed by atoms with van der Waals surface area (Å²) < 4.78 is 44.8. The van der Waals surface area contributed by atoms with E-state index in [9.17, 15) is 14.4 Å². The summed E-state index contributed by atoms with van der Waals surface area (Å²) in [5.41, 5.74) is 1.35. The van der Waals surface area contributed by atoms with Gasteiger partial charge in [0.25, 0.3) is 0 Å². The third-order valence-electron chi connectivity index (χ3n) is 10.5. The number of carbonyl (C=O) groups excluding carboxylic acids is 3. The second-order valence-corrected chi connectivity index (χ2v) is 14.5. The van der Waals surface area contributed by atoms with E-state index in [1.54, 1.807) is 12.2 Å². The van der Waals surface area contributed by atoms with Gasteiger partial charge in [-0.3, -0.25) is 0 Å². The first-order chi connectivity index (χ1) is 26.2. The molecule has 0 amide bonds. The first kappa shape index (κ1) is 38.7. The highest BCUT2D eigenvalue weighted by molar-refractivity contribution is 5.96. The van der Waals surface area contributed by atoms with Gasteiger partial charge in [-0.05, 0) is 85.0 Å². The third kappa shape index (κ3) is 9.76. The molecule has 0 saturated carbocycles. The van der Waals surface area contributed by atoms with Crippen molar-refractivity contribution in [2.24, 2.45) is 16.2 Å². The molecule has 0 aliphatic carbocycles. The normalized spacial score (nSPS) is 17.8. The number of carbonyl (C=O) groups is 3. The van der Waals surface area contributed by atoms with E-state index in [1.165, 1.54) is 30.4 Å². The van der Waals surface area contributed by atoms with E-state index < -0.39 is 17.9 Å². The molecule has 0 spiro atoms. The highest BCUT2D eigenvalue weighted by Gasteiger charge is 2.39. The number of rotatable bonds is 18. The van der Waals surface area contributed by atoms with Gasteiger partial charge in [-0.2, -0.15) is 0 Å². The standard InChI is InChI=1S/C43H48O11/c1-4-41(22-47-23-41)28-50-33-13-7-31(8-14-33)11-19-38(44)53-35-17-18-37(36(21-35)40(46)52-30-43(6-3)26-49-27-43)54-39(45)20-12-32-9-15-34(16-10-32)51-29-42(5-2)24-48-25-42/h7-21H,4-6,22-30H2,1-3H3/b19-11+,20-12+. The van der Waals surface area contributed by atoms with Gasteiger partial charge < -0.3 is 37.9 Å². The average Bonchev–Trinajstić information content (AvgIpc) is 3.14. The Morgan fingerprint density at radius 2 is 1.00 bits per heavy atom. The van der Waals surface area contributed by atoms with Crippen molar-refractivity contribution in [3.63, 3.8) is 0 Å². The predicted molar refractivity (Wildman–Crippen MR) is 201 cm³/mol. The quantitative estimate of drug-likeness (QED) is 0.0752. The Hall–Kier alpha value is -4.97. The predicted octanol–water partition coefficient (Wildman–Crippen LogP) is 7.12. The van der Waals surface area contributed by atoms with Crippen molar-refractivity contribution in [3.05, 3.63) is 95.6 Å². The Labute approximate surface area is 316 Å². The number of benzene rings is 3. The van der Waals surface area contributed by atoms with Crippen molar-refractivity contribution in [2.75, 3.05) is 59.5 Å². The molecule has 6 rings (SSSR count). The molecule has 3 aliphatic rings. The fraction of sp³-hybridized carbons (Fsp3) is 0.419. The van der Waals surface area contributed by atoms with Gasteiger partial charge >= 0.3 is 17.9 Å². The molecule has 0 N–H and O–H groups in total. The summed E-state index contributed by atoms with van der Waals surface area (Å²) in [5, 5.41) is 0. The molecule has 0 radical (unpaired) electrons. The minimum absolute atomic E-state index is 0.0361. The molecule has 3 aromatic rings. The lowest BCUT2D eigenvalue weighted by molar-refractivity contribution is -0.140. The maximum Gasteiger partial charge on any atom is 0.342 e. The van der Waals surface area contributed by atoms with Gasteiger partial charge in [-0.1, -0.05) is 45.0 Å². The molecule has 0 atom stereocenters. The van der Waals surface area contributed by atoms with Crippen LogP contribution < -0.4 is 18.9 Å². The molecule has 3 saturated heterocycles. The SMILES string of the molecule is CCC1(COC(=O)c2cc(OC(=O)/C=C/c3ccc(OCC4(CC)COC4)cc3)ccc2OC(=O)/C=C/c2ccc(OCC3(CC)COC3)cc2)COC1. The molecule has 0 unspecified atom stereocenters. The van der Waals surface area contributed by atoms with Crippen LogP contribution in [0.3, 0.4) is 0 Å². The summed E-state index contributed by atoms with van der Waals surface area (Å²) >= 11 is 0. The molecule has 3 aromatic carbocycles. The molecule has 0 bridgehead atoms. The average molecular weight is 741 g/mol. The van der Waals surface area contributed by atoms with Gasteiger partial charge in [-0.15, -0.1) is 0 Å². The van der Waals surface area contributed by atoms with Crippen LogP contribution in [0.15, 0.2) is 78.9 Å². The largest absolute Gasteiger partial charge is 0.493 e. The van der Waals surface area contributed by atoms with Crippen LogP contribution in [-0.2, 0) is 28.5 Å². The molecular weight excluding hydrogens is 692 g/mol. The van der Waals surface area contributed by atoms with Gasteiger partial charge in [0.2, 0.25) is 0 Å². The van der Waals surface area contributed by atoms with E-state index in [1.807, 2.05) is 55.5 Å². The minimum Gasteiger partial charge on any atom is -0.493 e. The smallest absolute Gasteiger partial charge is 0.342 e. The topological polar surface area (TPSA) is 125 Å². The molecular formula is C43H48O11. The van der Waals surface area contributed by atoms with Crippen molar-refractivity contribution in [1.82, 2.24) is 0 Å². The maximum atomic E-state index is 13.4. The van der Waals surface area contributed by atoms with Gasteiger partial charge in [0.05, 0.1) is 69.1 Å². The molecule has 286 valence electrons. The van der Waals surface area contributed by atoms with Crippen molar-refractivity contribution in [3.8, 4) is 23.0 Å². The zero-order chi connectivity index (χ0) is 38.0. The summed E-state index contributed by atoms with van der Waals surface area (Å²) in [5.74, 6) is -0.580. The summed E-state index contributed by atoms with van der Waals surface area (Å²) in [6, 6.07) is 18.9. The van der Waals surface area contributed by atoms with Gasteiger partial charge in [-0.25, -0.2) is 14.4 Å². The van der Waals surface area contributed by atoms with Crippen LogP contribution in [0.2, 0.25) is 0 Å². The number of hydrogen-bond acceptors (Lipinski definition) is 11. The molecule has 11 heteroatoms. The van der Waals surface area contributed by atoms with E-state index in [0.717, 1.165) is 41.9 Å². The first-order valence-corrected chi connectivity index (χ1v) is 18.5. The first-order valence-electron chi connectivity index (χ1n) is 18.5. The third-order valence-corrected chi connectivity index (χ3v) is 10.5. The second-order valence-electron chi connectivity index (χ2n) is 14.5. The Morgan fingerprint density at radius 1 is 0.574 bits per heavy atom. The summed E-state index contributed by atoms with van der Waals surface area (Å²) in [4.78, 5) is 39.1. The zero-order valence-electron chi connectivity index (χ0n) is 31.1. The minimum atomic E-state index is -0.721. The van der Waals surface area contributed by atoms with Crippen molar-refractivity contribution in [1.29, 1.82) is 0 Å². The highest BCUT2D eigenvalue weighted by Crippen LogP contribution is 2.34. The van der Waals surface area contributed by atoms with Gasteiger partial charge in [0.1, 0.15) is 35.2 Å². The van der Waals surface area contributed by atoms with Crippen molar-refractivity contribution >= 4 is 30.1 Å². The Bertz CT molecular complexity index is 1800. The zero-order valence-corrected chi connectivity index (χ0v) is 31.1. The number of esters is 3. The summed E-state index contributed by atoms with van der Waals surface area (Å²) in [7, 11) is 0. The van der Waals surface area contributed by atoms with E-state index in [4.69, 9.17) is 37.9 Å². The van der Waals surface area contributed by atoms with Crippen LogP contribution in [0.1, 0.15) is 61.5 Å². The van der Waals surface area contributed by atoms with Crippen LogP contribution in [0, 0.1) is 16.2 Å². The molecule has 3 aliphatic heterocycles. The van der Waals surface area contributed by atoms with E-state index >= 15 is 0 Å². The Kier molecular flexibility index (Phi) is 12.5. The van der Waals surface area contributed by atoms with E-state index in [0.29, 0.717) is 52.9 Å². The van der Waals surface area contributed by atoms with Crippen molar-refractivity contribution < 1.29 is 52.3 Å². The van der Waals surface area contributed by atoms with E-state index in [-0.39, 0.29) is 39.9 Å². The lowest BCUT2D eigenvalue weighted by atomic mass is 9.84. The second kappa shape index (κ2) is 17.4. The van der Waals surface area contributed by atoms with Crippen molar-refractivity contribution in [2.45, 2.75) is 40.0 Å². The molecule has 3 fully saturated rings. The molecule has 3 heterocycles. The fourth-order valence-electron chi connectivity index (χ4n) is 5.90. The van der Waals surface area contributed by atoms with Crippen LogP contribution >= 0.6 is 0 Å². The lowest BCUT2D eigenvalue weighted by Gasteiger charge is -2.40. The lowest BCUT2D eigenvalue weighted by Crippen LogP contribution is -2.46. The molecule has 54 heavy (non-hydrogen) atoms. The number of hydrogen-bond donors (Lipinski definition) is 0. The fourth-order valence-corrected chi connectivity index (χ4v) is 5.90. The van der Waals surface area contributed by atoms with Gasteiger partial charge in [0, 0.05) is 12.2 Å².